The zero-order valence-electron chi connectivity index (χ0n) is 27.7. The average Bonchev–Trinajstić information content (AvgIpc) is 3.55. The summed E-state index contributed by atoms with van der Waals surface area (Å²) in [4.78, 5) is 14.9. The molecule has 8 heteroatoms. The van der Waals surface area contributed by atoms with Crippen molar-refractivity contribution in [1.29, 1.82) is 0 Å². The van der Waals surface area contributed by atoms with Gasteiger partial charge in [0.05, 0.1) is 24.0 Å². The number of ether oxygens (including phenoxy) is 1. The van der Waals surface area contributed by atoms with Crippen molar-refractivity contribution >= 4 is 15.8 Å². The van der Waals surface area contributed by atoms with Crippen molar-refractivity contribution in [2.45, 2.75) is 109 Å². The lowest BCUT2D eigenvalue weighted by molar-refractivity contribution is -0.116. The summed E-state index contributed by atoms with van der Waals surface area (Å²) in [6.45, 7) is 12.2. The van der Waals surface area contributed by atoms with Gasteiger partial charge in [0, 0.05) is 37.6 Å². The molecular formula is C37H53N3O4S. The number of carbonyl (C=O) groups is 1. The molecule has 2 saturated heterocycles. The largest absolute Gasteiger partial charge is 0.372 e. The van der Waals surface area contributed by atoms with Gasteiger partial charge in [-0.3, -0.25) is 15.0 Å². The monoisotopic (exact) mass is 635 g/mol. The van der Waals surface area contributed by atoms with Crippen LogP contribution in [0.4, 0.5) is 0 Å². The zero-order valence-corrected chi connectivity index (χ0v) is 28.6. The average molecular weight is 636 g/mol. The summed E-state index contributed by atoms with van der Waals surface area (Å²) >= 11 is 0. The number of benzene rings is 1. The second-order valence-corrected chi connectivity index (χ2v) is 17.6. The first-order valence-corrected chi connectivity index (χ1v) is 19.2. The van der Waals surface area contributed by atoms with E-state index in [1.807, 2.05) is 36.4 Å². The summed E-state index contributed by atoms with van der Waals surface area (Å²) in [6.07, 6.45) is 10.9. The van der Waals surface area contributed by atoms with Crippen LogP contribution in [0.2, 0.25) is 0 Å². The van der Waals surface area contributed by atoms with E-state index in [9.17, 15) is 13.2 Å². The second-order valence-electron chi connectivity index (χ2n) is 15.7. The van der Waals surface area contributed by atoms with E-state index in [0.29, 0.717) is 56.1 Å². The molecule has 3 aliphatic heterocycles. The van der Waals surface area contributed by atoms with Crippen LogP contribution in [0.5, 0.6) is 0 Å². The second kappa shape index (κ2) is 11.7. The molecule has 8 atom stereocenters. The first-order valence-electron chi connectivity index (χ1n) is 17.6. The highest BCUT2D eigenvalue weighted by Crippen LogP contribution is 2.72. The van der Waals surface area contributed by atoms with Crippen molar-refractivity contribution in [3.8, 4) is 0 Å². The highest BCUT2D eigenvalue weighted by atomic mass is 32.2. The molecule has 4 fully saturated rings. The quantitative estimate of drug-likeness (QED) is 0.317. The molecule has 45 heavy (non-hydrogen) atoms. The Balaban J connectivity index is 1.06. The van der Waals surface area contributed by atoms with Gasteiger partial charge in [-0.2, -0.15) is 0 Å². The maximum absolute atomic E-state index is 12.9. The molecule has 7 rings (SSSR count). The molecule has 3 heterocycles. The topological polar surface area (TPSA) is 97.7 Å². The van der Waals surface area contributed by atoms with E-state index in [0.717, 1.165) is 57.1 Å². The van der Waals surface area contributed by atoms with Gasteiger partial charge in [0.2, 0.25) is 10.0 Å². The highest BCUT2D eigenvalue weighted by Gasteiger charge is 2.79. The van der Waals surface area contributed by atoms with Crippen molar-refractivity contribution in [1.82, 2.24) is 14.9 Å². The van der Waals surface area contributed by atoms with Gasteiger partial charge < -0.3 is 4.74 Å². The number of aryl methyl sites for hydroxylation is 1. The number of carbonyl (C=O) groups excluding carboxylic acids is 1. The van der Waals surface area contributed by atoms with Gasteiger partial charge in [-0.15, -0.1) is 0 Å². The molecule has 246 valence electrons. The number of sulfonamides is 1. The number of fused-ring (bicyclic) bond motifs is 3. The molecule has 1 aromatic rings. The van der Waals surface area contributed by atoms with Gasteiger partial charge >= 0.3 is 0 Å². The molecule has 3 aliphatic carbocycles. The fourth-order valence-electron chi connectivity index (χ4n) is 10.6. The SMILES string of the molecule is CC1=C2CC3C4(C)CCC(=O)C=C4CCC34NC24CCC(C)C2C(CC(C)CN2CCNS(=O)(=O)CCc2ccccc2)OC1. The molecule has 0 aromatic heterocycles. The first kappa shape index (κ1) is 31.7. The van der Waals surface area contributed by atoms with Crippen LogP contribution >= 0.6 is 0 Å². The number of rotatable bonds is 7. The van der Waals surface area contributed by atoms with Crippen LogP contribution in [0, 0.1) is 23.2 Å². The Labute approximate surface area is 270 Å². The number of nitrogens with one attached hydrogen (secondary N) is 2. The summed E-state index contributed by atoms with van der Waals surface area (Å²) in [5, 5.41) is 4.18. The molecule has 6 aliphatic rings. The summed E-state index contributed by atoms with van der Waals surface area (Å²) in [5.74, 6) is 1.89. The van der Waals surface area contributed by atoms with E-state index in [2.05, 4.69) is 42.6 Å². The predicted octanol–water partition coefficient (Wildman–Crippen LogP) is 5.18. The summed E-state index contributed by atoms with van der Waals surface area (Å²) in [7, 11) is -3.35. The third kappa shape index (κ3) is 5.50. The van der Waals surface area contributed by atoms with Crippen LogP contribution in [0.15, 0.2) is 53.1 Å². The van der Waals surface area contributed by atoms with Crippen LogP contribution in [-0.4, -0.2) is 74.3 Å². The fraction of sp³-hybridized carbons (Fsp3) is 0.703. The van der Waals surface area contributed by atoms with Crippen molar-refractivity contribution in [2.75, 3.05) is 32.0 Å². The molecule has 7 nitrogen and oxygen atoms in total. The van der Waals surface area contributed by atoms with Crippen molar-refractivity contribution in [3.63, 3.8) is 0 Å². The molecule has 2 saturated carbocycles. The standard InChI is InChI=1S/C37H53N3O4S/c1-25-20-32-34(40(23-25)18-17-38-45(42,43)19-13-28-8-6-5-7-9-28)26(2)10-15-36-31(27(3)24-44-32)22-33-35(4)14-12-30(41)21-29(35)11-16-37(33,36)39-36/h5-9,21,25-26,32-34,38-39H,10-20,22-24H2,1-4H3. The Kier molecular flexibility index (Phi) is 8.25. The lowest BCUT2D eigenvalue weighted by Gasteiger charge is -2.48. The highest BCUT2D eigenvalue weighted by molar-refractivity contribution is 7.89. The number of allylic oxidation sites excluding steroid dienone is 2. The molecular weight excluding hydrogens is 582 g/mol. The van der Waals surface area contributed by atoms with Crippen LogP contribution in [-0.2, 0) is 26.0 Å². The van der Waals surface area contributed by atoms with E-state index in [1.165, 1.54) is 11.1 Å². The molecule has 2 N–H and O–H groups in total. The number of piperidine rings is 2. The molecule has 0 amide bonds. The van der Waals surface area contributed by atoms with E-state index in [-0.39, 0.29) is 34.4 Å². The van der Waals surface area contributed by atoms with Gasteiger partial charge in [-0.05, 0) is 104 Å². The van der Waals surface area contributed by atoms with Gasteiger partial charge in [-0.25, -0.2) is 13.1 Å². The lowest BCUT2D eigenvalue weighted by atomic mass is 9.55. The predicted molar refractivity (Wildman–Crippen MR) is 178 cm³/mol. The van der Waals surface area contributed by atoms with Crippen LogP contribution in [0.25, 0.3) is 0 Å². The molecule has 0 bridgehead atoms. The van der Waals surface area contributed by atoms with Gasteiger partial charge in [-0.1, -0.05) is 56.7 Å². The molecule has 2 spiro atoms. The van der Waals surface area contributed by atoms with E-state index < -0.39 is 10.0 Å². The Hall–Kier alpha value is -1.84. The maximum atomic E-state index is 12.9. The van der Waals surface area contributed by atoms with E-state index in [4.69, 9.17) is 4.74 Å². The van der Waals surface area contributed by atoms with Gasteiger partial charge in [0.15, 0.2) is 5.78 Å². The summed E-state index contributed by atoms with van der Waals surface area (Å²) in [5.41, 5.74) is 5.75. The smallest absolute Gasteiger partial charge is 0.211 e. The Bertz CT molecular complexity index is 1490. The first-order chi connectivity index (χ1) is 21.5. The number of ketones is 1. The molecule has 0 radical (unpaired) electrons. The minimum Gasteiger partial charge on any atom is -0.372 e. The lowest BCUT2D eigenvalue weighted by Crippen LogP contribution is -2.56. The number of hydrogen-bond acceptors (Lipinski definition) is 6. The van der Waals surface area contributed by atoms with Gasteiger partial charge in [0.25, 0.3) is 0 Å². The molecule has 1 aromatic carbocycles. The third-order valence-corrected chi connectivity index (χ3v) is 14.4. The Morgan fingerprint density at radius 2 is 1.91 bits per heavy atom. The Morgan fingerprint density at radius 1 is 1.11 bits per heavy atom. The number of nitrogens with zero attached hydrogens (tertiary/aromatic N) is 1. The van der Waals surface area contributed by atoms with Crippen molar-refractivity contribution in [2.24, 2.45) is 23.2 Å². The van der Waals surface area contributed by atoms with Crippen LogP contribution in [0.1, 0.15) is 84.6 Å². The number of likely N-dealkylation sites (tertiary alicyclic amines) is 1. The summed E-state index contributed by atoms with van der Waals surface area (Å²) < 4.78 is 35.6. The zero-order chi connectivity index (χ0) is 31.6. The molecule has 8 unspecified atom stereocenters. The minimum atomic E-state index is -3.35. The van der Waals surface area contributed by atoms with Crippen molar-refractivity contribution < 1.29 is 17.9 Å². The van der Waals surface area contributed by atoms with Crippen LogP contribution < -0.4 is 10.0 Å². The Morgan fingerprint density at radius 3 is 2.71 bits per heavy atom. The van der Waals surface area contributed by atoms with Gasteiger partial charge in [0.1, 0.15) is 0 Å². The maximum Gasteiger partial charge on any atom is 0.211 e. The van der Waals surface area contributed by atoms with E-state index >= 15 is 0 Å². The number of hydrogen-bond donors (Lipinski definition) is 2. The van der Waals surface area contributed by atoms with Crippen molar-refractivity contribution in [3.05, 3.63) is 58.7 Å². The minimum absolute atomic E-state index is 0.0589. The fourth-order valence-corrected chi connectivity index (χ4v) is 11.7. The summed E-state index contributed by atoms with van der Waals surface area (Å²) in [6, 6.07) is 10.1. The third-order valence-electron chi connectivity index (χ3n) is 13.0. The normalized spacial score (nSPS) is 40.0. The van der Waals surface area contributed by atoms with Crippen LogP contribution in [0.3, 0.4) is 0 Å². The van der Waals surface area contributed by atoms with E-state index in [1.54, 1.807) is 5.57 Å².